The van der Waals surface area contributed by atoms with Crippen molar-refractivity contribution in [2.75, 3.05) is 0 Å². The molecule has 14 heavy (non-hydrogen) atoms. The van der Waals surface area contributed by atoms with Crippen molar-refractivity contribution in [2.24, 2.45) is 0 Å². The second-order valence-electron chi connectivity index (χ2n) is 4.01. The summed E-state index contributed by atoms with van der Waals surface area (Å²) in [7, 11) is 0. The molecule has 0 bridgehead atoms. The Morgan fingerprint density at radius 1 is 1.43 bits per heavy atom. The number of benzene rings is 1. The smallest absolute Gasteiger partial charge is 0.0823 e. The van der Waals surface area contributed by atoms with Gasteiger partial charge in [0, 0.05) is 5.02 Å². The van der Waals surface area contributed by atoms with E-state index in [0.717, 1.165) is 35.4 Å². The van der Waals surface area contributed by atoms with Crippen LogP contribution in [0.4, 0.5) is 0 Å². The largest absolute Gasteiger partial charge is 0.197 e. The van der Waals surface area contributed by atoms with Crippen molar-refractivity contribution in [3.63, 3.8) is 0 Å². The standard InChI is InChI=1S/C12H12ClN/c1-9-3-4-10(7-11(9)13)12(8-14)5-2-6-12/h3-4,7H,2,5-6H2,1H3. The molecule has 1 saturated carbocycles. The first-order chi connectivity index (χ1) is 6.68. The predicted molar refractivity (Wildman–Crippen MR) is 57.3 cm³/mol. The molecule has 1 aromatic carbocycles. The van der Waals surface area contributed by atoms with Gasteiger partial charge in [-0.2, -0.15) is 5.26 Å². The van der Waals surface area contributed by atoms with E-state index in [0.29, 0.717) is 0 Å². The van der Waals surface area contributed by atoms with Crippen LogP contribution in [-0.4, -0.2) is 0 Å². The van der Waals surface area contributed by atoms with Crippen molar-refractivity contribution >= 4 is 11.6 Å². The quantitative estimate of drug-likeness (QED) is 0.688. The molecular formula is C12H12ClN. The van der Waals surface area contributed by atoms with Gasteiger partial charge in [0.15, 0.2) is 0 Å². The number of hydrogen-bond donors (Lipinski definition) is 0. The second-order valence-corrected chi connectivity index (χ2v) is 4.42. The molecule has 0 spiro atoms. The van der Waals surface area contributed by atoms with Gasteiger partial charge in [-0.25, -0.2) is 0 Å². The van der Waals surface area contributed by atoms with Crippen molar-refractivity contribution in [2.45, 2.75) is 31.6 Å². The molecule has 0 N–H and O–H groups in total. The lowest BCUT2D eigenvalue weighted by molar-refractivity contribution is 0.324. The fraction of sp³-hybridized carbons (Fsp3) is 0.417. The van der Waals surface area contributed by atoms with Gasteiger partial charge in [-0.1, -0.05) is 23.7 Å². The Labute approximate surface area is 89.3 Å². The summed E-state index contributed by atoms with van der Waals surface area (Å²) in [5.74, 6) is 0. The first-order valence-electron chi connectivity index (χ1n) is 4.86. The van der Waals surface area contributed by atoms with E-state index in [1.54, 1.807) is 0 Å². The summed E-state index contributed by atoms with van der Waals surface area (Å²) >= 11 is 6.05. The van der Waals surface area contributed by atoms with Crippen LogP contribution >= 0.6 is 11.6 Å². The molecule has 0 radical (unpaired) electrons. The van der Waals surface area contributed by atoms with E-state index in [1.165, 1.54) is 0 Å². The third-order valence-electron chi connectivity index (χ3n) is 3.15. The van der Waals surface area contributed by atoms with E-state index < -0.39 is 0 Å². The lowest BCUT2D eigenvalue weighted by Gasteiger charge is -2.35. The van der Waals surface area contributed by atoms with Gasteiger partial charge in [0.1, 0.15) is 0 Å². The van der Waals surface area contributed by atoms with E-state index in [2.05, 4.69) is 6.07 Å². The molecular weight excluding hydrogens is 194 g/mol. The minimum Gasteiger partial charge on any atom is -0.197 e. The van der Waals surface area contributed by atoms with Crippen molar-refractivity contribution in [1.82, 2.24) is 0 Å². The van der Waals surface area contributed by atoms with Crippen LogP contribution in [-0.2, 0) is 5.41 Å². The van der Waals surface area contributed by atoms with E-state index >= 15 is 0 Å². The van der Waals surface area contributed by atoms with Crippen LogP contribution in [0.2, 0.25) is 5.02 Å². The number of aryl methyl sites for hydroxylation is 1. The molecule has 1 aromatic rings. The summed E-state index contributed by atoms with van der Waals surface area (Å²) < 4.78 is 0. The van der Waals surface area contributed by atoms with Crippen LogP contribution in [0, 0.1) is 18.3 Å². The first kappa shape index (κ1) is 9.55. The Morgan fingerprint density at radius 2 is 2.14 bits per heavy atom. The maximum Gasteiger partial charge on any atom is 0.0823 e. The zero-order valence-corrected chi connectivity index (χ0v) is 8.93. The minimum atomic E-state index is -0.239. The monoisotopic (exact) mass is 205 g/mol. The van der Waals surface area contributed by atoms with Crippen LogP contribution in [0.1, 0.15) is 30.4 Å². The summed E-state index contributed by atoms with van der Waals surface area (Å²) in [6, 6.07) is 8.39. The van der Waals surface area contributed by atoms with Gasteiger partial charge >= 0.3 is 0 Å². The highest BCUT2D eigenvalue weighted by atomic mass is 35.5. The number of halogens is 1. The summed E-state index contributed by atoms with van der Waals surface area (Å²) in [5.41, 5.74) is 1.92. The molecule has 0 amide bonds. The highest BCUT2D eigenvalue weighted by Crippen LogP contribution is 2.43. The molecule has 0 heterocycles. The first-order valence-corrected chi connectivity index (χ1v) is 5.24. The summed E-state index contributed by atoms with van der Waals surface area (Å²) in [5, 5.41) is 9.92. The van der Waals surface area contributed by atoms with Gasteiger partial charge < -0.3 is 0 Å². The molecule has 2 heteroatoms. The van der Waals surface area contributed by atoms with Gasteiger partial charge in [-0.3, -0.25) is 0 Å². The molecule has 0 aromatic heterocycles. The second kappa shape index (κ2) is 3.29. The zero-order valence-electron chi connectivity index (χ0n) is 8.18. The average molecular weight is 206 g/mol. The van der Waals surface area contributed by atoms with Crippen molar-refractivity contribution in [3.05, 3.63) is 34.3 Å². The Bertz CT molecular complexity index is 399. The number of nitriles is 1. The molecule has 0 aliphatic heterocycles. The van der Waals surface area contributed by atoms with Crippen LogP contribution in [0.5, 0.6) is 0 Å². The average Bonchev–Trinajstić information content (AvgIpc) is 2.10. The van der Waals surface area contributed by atoms with Gasteiger partial charge in [0.2, 0.25) is 0 Å². The molecule has 2 rings (SSSR count). The Kier molecular flexibility index (Phi) is 2.25. The summed E-state index contributed by atoms with van der Waals surface area (Å²) in [6.07, 6.45) is 3.10. The molecule has 0 unspecified atom stereocenters. The normalized spacial score (nSPS) is 18.4. The fourth-order valence-corrected chi connectivity index (χ4v) is 2.07. The Morgan fingerprint density at radius 3 is 2.57 bits per heavy atom. The van der Waals surface area contributed by atoms with Gasteiger partial charge in [-0.15, -0.1) is 0 Å². The third-order valence-corrected chi connectivity index (χ3v) is 3.55. The van der Waals surface area contributed by atoms with Gasteiger partial charge in [0.25, 0.3) is 0 Å². The molecule has 72 valence electrons. The van der Waals surface area contributed by atoms with Crippen LogP contribution in [0.3, 0.4) is 0 Å². The number of hydrogen-bond acceptors (Lipinski definition) is 1. The summed E-state index contributed by atoms with van der Waals surface area (Å²) in [6.45, 7) is 1.98. The maximum absolute atomic E-state index is 9.16. The van der Waals surface area contributed by atoms with Crippen LogP contribution in [0.25, 0.3) is 0 Å². The van der Waals surface area contributed by atoms with E-state index in [9.17, 15) is 0 Å². The fourth-order valence-electron chi connectivity index (χ4n) is 1.89. The van der Waals surface area contributed by atoms with E-state index in [1.807, 2.05) is 25.1 Å². The lowest BCUT2D eigenvalue weighted by atomic mass is 9.65. The van der Waals surface area contributed by atoms with E-state index in [4.69, 9.17) is 16.9 Å². The minimum absolute atomic E-state index is 0.239. The van der Waals surface area contributed by atoms with Crippen molar-refractivity contribution in [3.8, 4) is 6.07 Å². The van der Waals surface area contributed by atoms with Crippen molar-refractivity contribution < 1.29 is 0 Å². The van der Waals surface area contributed by atoms with Crippen LogP contribution in [0.15, 0.2) is 18.2 Å². The lowest BCUT2D eigenvalue weighted by Crippen LogP contribution is -2.32. The highest BCUT2D eigenvalue weighted by molar-refractivity contribution is 6.31. The molecule has 1 aliphatic carbocycles. The maximum atomic E-state index is 9.16. The SMILES string of the molecule is Cc1ccc(C2(C#N)CCC2)cc1Cl. The zero-order chi connectivity index (χ0) is 10.2. The molecule has 0 saturated heterocycles. The van der Waals surface area contributed by atoms with Gasteiger partial charge in [0.05, 0.1) is 11.5 Å². The number of nitrogens with zero attached hydrogens (tertiary/aromatic N) is 1. The van der Waals surface area contributed by atoms with E-state index in [-0.39, 0.29) is 5.41 Å². The van der Waals surface area contributed by atoms with Crippen molar-refractivity contribution in [1.29, 1.82) is 5.26 Å². The topological polar surface area (TPSA) is 23.8 Å². The Hall–Kier alpha value is -1.00. The molecule has 1 nitrogen and oxygen atoms in total. The highest BCUT2D eigenvalue weighted by Gasteiger charge is 2.38. The number of rotatable bonds is 1. The molecule has 1 fully saturated rings. The molecule has 1 aliphatic rings. The van der Waals surface area contributed by atoms with Crippen LogP contribution < -0.4 is 0 Å². The third kappa shape index (κ3) is 1.31. The molecule has 0 atom stereocenters. The Balaban J connectivity index is 2.42. The van der Waals surface area contributed by atoms with Gasteiger partial charge in [-0.05, 0) is 43.4 Å². The summed E-state index contributed by atoms with van der Waals surface area (Å²) in [4.78, 5) is 0. The predicted octanol–water partition coefficient (Wildman–Crippen LogP) is 3.59.